The second-order valence-electron chi connectivity index (χ2n) is 3.69. The van der Waals surface area contributed by atoms with Gasteiger partial charge in [0, 0.05) is 33.3 Å². The van der Waals surface area contributed by atoms with Crippen molar-refractivity contribution in [3.05, 3.63) is 36.1 Å². The minimum atomic E-state index is -0.0874. The summed E-state index contributed by atoms with van der Waals surface area (Å²) in [4.78, 5) is 15.8. The second kappa shape index (κ2) is 3.81. The van der Waals surface area contributed by atoms with Crippen LogP contribution in [-0.2, 0) is 0 Å². The minimum absolute atomic E-state index is 0.0874. The summed E-state index contributed by atoms with van der Waals surface area (Å²) in [7, 11) is 3.95. The van der Waals surface area contributed by atoms with Crippen LogP contribution in [0.2, 0.25) is 0 Å². The Bertz CT molecular complexity index is 369. The molecule has 4 heteroatoms. The van der Waals surface area contributed by atoms with Crippen LogP contribution in [-0.4, -0.2) is 42.8 Å². The van der Waals surface area contributed by atoms with Gasteiger partial charge in [-0.1, -0.05) is 0 Å². The van der Waals surface area contributed by atoms with E-state index in [1.807, 2.05) is 14.1 Å². The highest BCUT2D eigenvalue weighted by molar-refractivity contribution is 6.02. The Morgan fingerprint density at radius 2 is 2.07 bits per heavy atom. The lowest BCUT2D eigenvalue weighted by Gasteiger charge is -2.16. The maximum Gasteiger partial charge on any atom is 0.224 e. The number of carbonyl (C=O) groups is 1. The Morgan fingerprint density at radius 3 is 2.60 bits per heavy atom. The van der Waals surface area contributed by atoms with E-state index in [2.05, 4.69) is 9.80 Å². The number of furan rings is 1. The average molecular weight is 206 g/mol. The van der Waals surface area contributed by atoms with Crippen LogP contribution in [0.15, 0.2) is 34.7 Å². The molecule has 1 saturated heterocycles. The molecule has 0 bridgehead atoms. The molecule has 1 aliphatic heterocycles. The third kappa shape index (κ3) is 1.88. The zero-order valence-electron chi connectivity index (χ0n) is 8.93. The van der Waals surface area contributed by atoms with Crippen molar-refractivity contribution in [1.29, 1.82) is 0 Å². The number of hydrogen-bond donors (Lipinski definition) is 0. The van der Waals surface area contributed by atoms with E-state index in [1.165, 1.54) is 6.26 Å². The number of carbonyl (C=O) groups excluding carboxylic acids is 1. The fraction of sp³-hybridized carbons (Fsp3) is 0.364. The molecule has 0 aliphatic carbocycles. The number of rotatable bonds is 2. The van der Waals surface area contributed by atoms with Crippen LogP contribution >= 0.6 is 0 Å². The van der Waals surface area contributed by atoms with Gasteiger partial charge in [-0.05, 0) is 12.1 Å². The van der Waals surface area contributed by atoms with Crippen LogP contribution in [0.25, 0.3) is 0 Å². The number of allylic oxidation sites excluding steroid dienone is 1. The highest BCUT2D eigenvalue weighted by Gasteiger charge is 2.19. The van der Waals surface area contributed by atoms with E-state index in [0.29, 0.717) is 5.76 Å². The summed E-state index contributed by atoms with van der Waals surface area (Å²) in [6.07, 6.45) is 3.12. The molecule has 0 amide bonds. The normalized spacial score (nSPS) is 16.0. The topological polar surface area (TPSA) is 36.7 Å². The lowest BCUT2D eigenvalue weighted by Crippen LogP contribution is -2.17. The Kier molecular flexibility index (Phi) is 2.49. The van der Waals surface area contributed by atoms with E-state index in [-0.39, 0.29) is 5.78 Å². The fourth-order valence-electron chi connectivity index (χ4n) is 1.65. The standard InChI is InChI=1S/C11H14N2O2/c1-12-5-6-13(2)11(12)8-9(14)10-4-3-7-15-10/h3-4,7-8H,5-6H2,1-2H3. The van der Waals surface area contributed by atoms with E-state index in [4.69, 9.17) is 4.42 Å². The molecule has 0 atom stereocenters. The molecular weight excluding hydrogens is 192 g/mol. The third-order valence-corrected chi connectivity index (χ3v) is 2.58. The van der Waals surface area contributed by atoms with Gasteiger partial charge in [0.05, 0.1) is 6.26 Å². The van der Waals surface area contributed by atoms with Crippen molar-refractivity contribution < 1.29 is 9.21 Å². The predicted octanol–water partition coefficient (Wildman–Crippen LogP) is 1.18. The number of ketones is 1. The molecule has 0 N–H and O–H groups in total. The number of nitrogens with zero attached hydrogens (tertiary/aromatic N) is 2. The molecule has 0 saturated carbocycles. The quantitative estimate of drug-likeness (QED) is 0.538. The van der Waals surface area contributed by atoms with Gasteiger partial charge in [-0.15, -0.1) is 0 Å². The Morgan fingerprint density at radius 1 is 1.40 bits per heavy atom. The van der Waals surface area contributed by atoms with Gasteiger partial charge in [0.15, 0.2) is 5.76 Å². The molecule has 4 nitrogen and oxygen atoms in total. The lowest BCUT2D eigenvalue weighted by molar-refractivity contribution is 0.101. The van der Waals surface area contributed by atoms with Gasteiger partial charge in [-0.2, -0.15) is 0 Å². The van der Waals surface area contributed by atoms with E-state index in [9.17, 15) is 4.79 Å². The van der Waals surface area contributed by atoms with Crippen molar-refractivity contribution in [1.82, 2.24) is 9.80 Å². The van der Waals surface area contributed by atoms with Crippen molar-refractivity contribution in [3.8, 4) is 0 Å². The van der Waals surface area contributed by atoms with Crippen LogP contribution in [0.1, 0.15) is 10.6 Å². The maximum atomic E-state index is 11.7. The van der Waals surface area contributed by atoms with Crippen LogP contribution in [0.4, 0.5) is 0 Å². The molecule has 1 aromatic heterocycles. The predicted molar refractivity (Wildman–Crippen MR) is 56.4 cm³/mol. The van der Waals surface area contributed by atoms with Crippen molar-refractivity contribution in [2.45, 2.75) is 0 Å². The SMILES string of the molecule is CN1CCN(C)C1=CC(=O)c1ccco1. The molecule has 1 aromatic rings. The van der Waals surface area contributed by atoms with E-state index in [0.717, 1.165) is 18.9 Å². The molecule has 15 heavy (non-hydrogen) atoms. The summed E-state index contributed by atoms with van der Waals surface area (Å²) in [5, 5.41) is 0. The van der Waals surface area contributed by atoms with Crippen molar-refractivity contribution in [3.63, 3.8) is 0 Å². The summed E-state index contributed by atoms with van der Waals surface area (Å²) in [6.45, 7) is 1.90. The molecule has 2 heterocycles. The van der Waals surface area contributed by atoms with Gasteiger partial charge >= 0.3 is 0 Å². The van der Waals surface area contributed by atoms with Crippen molar-refractivity contribution >= 4 is 5.78 Å². The van der Waals surface area contributed by atoms with Gasteiger partial charge < -0.3 is 14.2 Å². The van der Waals surface area contributed by atoms with E-state index < -0.39 is 0 Å². The summed E-state index contributed by atoms with van der Waals surface area (Å²) in [5.41, 5.74) is 0. The molecular formula is C11H14N2O2. The van der Waals surface area contributed by atoms with Crippen LogP contribution in [0.5, 0.6) is 0 Å². The first-order valence-electron chi connectivity index (χ1n) is 4.90. The molecule has 2 rings (SSSR count). The highest BCUT2D eigenvalue weighted by atomic mass is 16.3. The lowest BCUT2D eigenvalue weighted by atomic mass is 10.3. The molecule has 80 valence electrons. The minimum Gasteiger partial charge on any atom is -0.461 e. The summed E-state index contributed by atoms with van der Waals surface area (Å²) < 4.78 is 5.04. The van der Waals surface area contributed by atoms with Crippen molar-refractivity contribution in [2.75, 3.05) is 27.2 Å². The summed E-state index contributed by atoms with van der Waals surface area (Å²) in [6, 6.07) is 3.39. The zero-order valence-corrected chi connectivity index (χ0v) is 8.93. The van der Waals surface area contributed by atoms with E-state index >= 15 is 0 Å². The molecule has 0 spiro atoms. The molecule has 1 aliphatic rings. The Balaban J connectivity index is 2.19. The fourth-order valence-corrected chi connectivity index (χ4v) is 1.65. The number of hydrogen-bond acceptors (Lipinski definition) is 4. The largest absolute Gasteiger partial charge is 0.461 e. The molecule has 0 radical (unpaired) electrons. The molecule has 0 unspecified atom stereocenters. The van der Waals surface area contributed by atoms with Crippen LogP contribution in [0, 0.1) is 0 Å². The molecule has 0 aromatic carbocycles. The Labute approximate surface area is 88.8 Å². The van der Waals surface area contributed by atoms with Crippen LogP contribution < -0.4 is 0 Å². The molecule has 1 fully saturated rings. The van der Waals surface area contributed by atoms with Gasteiger partial charge in [0.2, 0.25) is 5.78 Å². The third-order valence-electron chi connectivity index (χ3n) is 2.58. The smallest absolute Gasteiger partial charge is 0.224 e. The van der Waals surface area contributed by atoms with Gasteiger partial charge in [0.1, 0.15) is 5.82 Å². The summed E-state index contributed by atoms with van der Waals surface area (Å²) in [5.74, 6) is 1.24. The first-order chi connectivity index (χ1) is 7.18. The highest BCUT2D eigenvalue weighted by Crippen LogP contribution is 2.15. The van der Waals surface area contributed by atoms with Gasteiger partial charge in [-0.3, -0.25) is 4.79 Å². The monoisotopic (exact) mass is 206 g/mol. The van der Waals surface area contributed by atoms with Gasteiger partial charge in [0.25, 0.3) is 0 Å². The first-order valence-corrected chi connectivity index (χ1v) is 4.90. The maximum absolute atomic E-state index is 11.7. The summed E-state index contributed by atoms with van der Waals surface area (Å²) >= 11 is 0. The first kappa shape index (κ1) is 9.83. The van der Waals surface area contributed by atoms with Gasteiger partial charge in [-0.25, -0.2) is 0 Å². The van der Waals surface area contributed by atoms with Crippen LogP contribution in [0.3, 0.4) is 0 Å². The average Bonchev–Trinajstić information content (AvgIpc) is 2.82. The zero-order chi connectivity index (χ0) is 10.8. The Hall–Kier alpha value is -1.71. The second-order valence-corrected chi connectivity index (χ2v) is 3.69. The number of likely N-dealkylation sites (N-methyl/N-ethyl adjacent to an activating group) is 2. The van der Waals surface area contributed by atoms with Crippen molar-refractivity contribution in [2.24, 2.45) is 0 Å². The van der Waals surface area contributed by atoms with E-state index in [1.54, 1.807) is 18.2 Å².